The Morgan fingerprint density at radius 1 is 0.957 bits per heavy atom. The van der Waals surface area contributed by atoms with Gasteiger partial charge in [-0.05, 0) is 36.1 Å². The van der Waals surface area contributed by atoms with E-state index < -0.39 is 0 Å². The van der Waals surface area contributed by atoms with E-state index in [0.29, 0.717) is 17.1 Å². The van der Waals surface area contributed by atoms with Crippen molar-refractivity contribution in [2.75, 3.05) is 19.5 Å². The third kappa shape index (κ3) is 3.83. The summed E-state index contributed by atoms with van der Waals surface area (Å²) in [6.45, 7) is 4.16. The molecule has 0 spiro atoms. The third-order valence-corrected chi connectivity index (χ3v) is 3.85. The fourth-order valence-corrected chi connectivity index (χ4v) is 2.53. The number of rotatable bonds is 6. The molecule has 2 aromatic rings. The van der Waals surface area contributed by atoms with Gasteiger partial charge in [0.15, 0.2) is 0 Å². The van der Waals surface area contributed by atoms with Crippen molar-refractivity contribution in [3.05, 3.63) is 53.1 Å². The van der Waals surface area contributed by atoms with Gasteiger partial charge in [0, 0.05) is 17.3 Å². The molecule has 1 amide bonds. The highest BCUT2D eigenvalue weighted by molar-refractivity contribution is 6.05. The molecule has 4 heteroatoms. The lowest BCUT2D eigenvalue weighted by molar-refractivity contribution is 0.102. The molecule has 0 heterocycles. The molecule has 2 aromatic carbocycles. The van der Waals surface area contributed by atoms with Crippen molar-refractivity contribution in [2.24, 2.45) is 0 Å². The van der Waals surface area contributed by atoms with E-state index in [0.717, 1.165) is 29.7 Å². The summed E-state index contributed by atoms with van der Waals surface area (Å²) in [5.74, 6) is 1.01. The van der Waals surface area contributed by atoms with Gasteiger partial charge < -0.3 is 14.8 Å². The van der Waals surface area contributed by atoms with Gasteiger partial charge in [0.25, 0.3) is 5.91 Å². The van der Waals surface area contributed by atoms with E-state index in [-0.39, 0.29) is 5.91 Å². The number of carbonyl (C=O) groups is 1. The Bertz CT molecular complexity index is 651. The average molecular weight is 313 g/mol. The summed E-state index contributed by atoms with van der Waals surface area (Å²) < 4.78 is 10.5. The number of methoxy groups -OCH3 is 2. The first-order chi connectivity index (χ1) is 11.1. The molecule has 0 saturated heterocycles. The van der Waals surface area contributed by atoms with Gasteiger partial charge in [0.05, 0.1) is 14.2 Å². The predicted molar refractivity (Wildman–Crippen MR) is 92.7 cm³/mol. The van der Waals surface area contributed by atoms with Crippen LogP contribution in [0.1, 0.15) is 35.3 Å². The van der Waals surface area contributed by atoms with E-state index >= 15 is 0 Å². The second-order valence-corrected chi connectivity index (χ2v) is 5.21. The second-order valence-electron chi connectivity index (χ2n) is 5.21. The lowest BCUT2D eigenvalue weighted by Crippen LogP contribution is -2.15. The van der Waals surface area contributed by atoms with Crippen LogP contribution in [0.15, 0.2) is 36.4 Å². The maximum atomic E-state index is 12.7. The summed E-state index contributed by atoms with van der Waals surface area (Å²) in [6.07, 6.45) is 1.73. The van der Waals surface area contributed by atoms with Gasteiger partial charge >= 0.3 is 0 Å². The lowest BCUT2D eigenvalue weighted by atomic mass is 10.0. The van der Waals surface area contributed by atoms with E-state index in [2.05, 4.69) is 19.2 Å². The second kappa shape index (κ2) is 7.68. The molecular formula is C19H23NO3. The highest BCUT2D eigenvalue weighted by atomic mass is 16.5. The first-order valence-electron chi connectivity index (χ1n) is 7.78. The third-order valence-electron chi connectivity index (χ3n) is 3.85. The molecule has 0 unspecified atom stereocenters. The highest BCUT2D eigenvalue weighted by Gasteiger charge is 2.14. The van der Waals surface area contributed by atoms with Gasteiger partial charge in [-0.3, -0.25) is 4.79 Å². The van der Waals surface area contributed by atoms with Crippen molar-refractivity contribution in [1.82, 2.24) is 0 Å². The zero-order valence-corrected chi connectivity index (χ0v) is 14.1. The maximum Gasteiger partial charge on any atom is 0.255 e. The Morgan fingerprint density at radius 3 is 1.91 bits per heavy atom. The number of ether oxygens (including phenoxy) is 2. The number of amides is 1. The largest absolute Gasteiger partial charge is 0.497 e. The molecule has 0 aliphatic carbocycles. The van der Waals surface area contributed by atoms with Crippen molar-refractivity contribution in [3.8, 4) is 11.5 Å². The molecule has 0 aliphatic rings. The van der Waals surface area contributed by atoms with Crippen molar-refractivity contribution in [1.29, 1.82) is 0 Å². The van der Waals surface area contributed by atoms with Crippen LogP contribution in [0.4, 0.5) is 5.69 Å². The molecular weight excluding hydrogens is 290 g/mol. The number of aryl methyl sites for hydroxylation is 2. The number of hydrogen-bond donors (Lipinski definition) is 1. The fraction of sp³-hybridized carbons (Fsp3) is 0.316. The highest BCUT2D eigenvalue weighted by Crippen LogP contribution is 2.26. The minimum Gasteiger partial charge on any atom is -0.497 e. The molecule has 2 rings (SSSR count). The van der Waals surface area contributed by atoms with Crippen LogP contribution in [0, 0.1) is 0 Å². The average Bonchev–Trinajstić information content (AvgIpc) is 2.61. The smallest absolute Gasteiger partial charge is 0.255 e. The van der Waals surface area contributed by atoms with Gasteiger partial charge in [-0.15, -0.1) is 0 Å². The van der Waals surface area contributed by atoms with Crippen molar-refractivity contribution < 1.29 is 14.3 Å². The minimum atomic E-state index is -0.169. The van der Waals surface area contributed by atoms with Crippen molar-refractivity contribution >= 4 is 11.6 Å². The number of para-hydroxylation sites is 1. The van der Waals surface area contributed by atoms with E-state index in [4.69, 9.17) is 9.47 Å². The summed E-state index contributed by atoms with van der Waals surface area (Å²) in [5.41, 5.74) is 3.68. The van der Waals surface area contributed by atoms with Crippen LogP contribution >= 0.6 is 0 Å². The van der Waals surface area contributed by atoms with Gasteiger partial charge in [-0.1, -0.05) is 32.0 Å². The van der Waals surface area contributed by atoms with Crippen LogP contribution in [-0.2, 0) is 12.8 Å². The molecule has 23 heavy (non-hydrogen) atoms. The Hall–Kier alpha value is -2.49. The van der Waals surface area contributed by atoms with Crippen LogP contribution in [0.2, 0.25) is 0 Å². The summed E-state index contributed by atoms with van der Waals surface area (Å²) in [5, 5.41) is 3.05. The summed E-state index contributed by atoms with van der Waals surface area (Å²) in [6, 6.07) is 11.3. The number of carbonyl (C=O) groups excluding carboxylic acids is 1. The van der Waals surface area contributed by atoms with Gasteiger partial charge in [0.1, 0.15) is 11.5 Å². The maximum absolute atomic E-state index is 12.7. The fourth-order valence-electron chi connectivity index (χ4n) is 2.53. The zero-order valence-electron chi connectivity index (χ0n) is 14.1. The van der Waals surface area contributed by atoms with E-state index in [9.17, 15) is 4.79 Å². The first-order valence-corrected chi connectivity index (χ1v) is 7.78. The Balaban J connectivity index is 2.36. The van der Waals surface area contributed by atoms with Gasteiger partial charge in [-0.2, -0.15) is 0 Å². The zero-order chi connectivity index (χ0) is 16.8. The molecule has 122 valence electrons. The Kier molecular flexibility index (Phi) is 5.63. The van der Waals surface area contributed by atoms with Crippen LogP contribution in [0.5, 0.6) is 11.5 Å². The lowest BCUT2D eigenvalue weighted by Gasteiger charge is -2.15. The van der Waals surface area contributed by atoms with Crippen LogP contribution < -0.4 is 14.8 Å². The number of benzene rings is 2. The van der Waals surface area contributed by atoms with E-state index in [1.165, 1.54) is 0 Å². The molecule has 0 radical (unpaired) electrons. The molecule has 0 aromatic heterocycles. The molecule has 4 nitrogen and oxygen atoms in total. The van der Waals surface area contributed by atoms with E-state index in [1.807, 2.05) is 18.2 Å². The van der Waals surface area contributed by atoms with Gasteiger partial charge in [0.2, 0.25) is 0 Å². The summed E-state index contributed by atoms with van der Waals surface area (Å²) >= 11 is 0. The number of hydrogen-bond acceptors (Lipinski definition) is 3. The molecule has 0 bridgehead atoms. The SMILES string of the molecule is CCc1cccc(CC)c1NC(=O)c1cc(OC)cc(OC)c1. The van der Waals surface area contributed by atoms with E-state index in [1.54, 1.807) is 32.4 Å². The topological polar surface area (TPSA) is 47.6 Å². The molecule has 0 atom stereocenters. The van der Waals surface area contributed by atoms with Crippen molar-refractivity contribution in [3.63, 3.8) is 0 Å². The molecule has 0 aliphatic heterocycles. The quantitative estimate of drug-likeness (QED) is 0.874. The first kappa shape index (κ1) is 16.9. The summed E-state index contributed by atoms with van der Waals surface area (Å²) in [4.78, 5) is 12.7. The molecule has 0 fully saturated rings. The normalized spacial score (nSPS) is 10.3. The van der Waals surface area contributed by atoms with Crippen LogP contribution in [0.25, 0.3) is 0 Å². The predicted octanol–water partition coefficient (Wildman–Crippen LogP) is 4.08. The molecule has 1 N–H and O–H groups in total. The monoisotopic (exact) mass is 313 g/mol. The van der Waals surface area contributed by atoms with Crippen LogP contribution in [0.3, 0.4) is 0 Å². The minimum absolute atomic E-state index is 0.169. The number of anilines is 1. The van der Waals surface area contributed by atoms with Crippen molar-refractivity contribution in [2.45, 2.75) is 26.7 Å². The standard InChI is InChI=1S/C19H23NO3/c1-5-13-8-7-9-14(6-2)18(13)20-19(21)15-10-16(22-3)12-17(11-15)23-4/h7-12H,5-6H2,1-4H3,(H,20,21). The Labute approximate surface area is 137 Å². The molecule has 0 saturated carbocycles. The Morgan fingerprint density at radius 2 is 1.48 bits per heavy atom. The van der Waals surface area contributed by atoms with Gasteiger partial charge in [-0.25, -0.2) is 0 Å². The number of nitrogens with one attached hydrogen (secondary N) is 1. The van der Waals surface area contributed by atoms with Crippen LogP contribution in [-0.4, -0.2) is 20.1 Å². The summed E-state index contributed by atoms with van der Waals surface area (Å²) in [7, 11) is 3.13.